The predicted octanol–water partition coefficient (Wildman–Crippen LogP) is 3.01. The first-order valence-electron chi connectivity index (χ1n) is 10.5. The van der Waals surface area contributed by atoms with Crippen LogP contribution < -0.4 is 16.8 Å². The van der Waals surface area contributed by atoms with Gasteiger partial charge >= 0.3 is 11.9 Å². The number of nitrogens with zero attached hydrogens (tertiary/aromatic N) is 1. The molecule has 158 valence electrons. The largest absolute Gasteiger partial charge is 0.392 e. The monoisotopic (exact) mass is 384 g/mol. The van der Waals surface area contributed by atoms with Crippen molar-refractivity contribution < 1.29 is 14.3 Å². The fraction of sp³-hybridized carbons (Fsp3) is 0.850. The number of aliphatic imine (C=N–C) groups is 1. The summed E-state index contributed by atoms with van der Waals surface area (Å²) in [5.74, 6) is -0.911. The minimum absolute atomic E-state index is 0.0358. The molecule has 5 N–H and O–H groups in total. The maximum atomic E-state index is 12.1. The molecule has 0 rings (SSSR count). The summed E-state index contributed by atoms with van der Waals surface area (Å²) >= 11 is 0. The number of carbonyl (C=O) groups excluding carboxylic acids is 2. The highest BCUT2D eigenvalue weighted by molar-refractivity contribution is 5.88. The van der Waals surface area contributed by atoms with Crippen LogP contribution >= 0.6 is 0 Å². The zero-order valence-corrected chi connectivity index (χ0v) is 17.3. The van der Waals surface area contributed by atoms with Gasteiger partial charge in [0, 0.05) is 13.0 Å². The molecule has 1 atom stereocenters. The third kappa shape index (κ3) is 16.3. The lowest BCUT2D eigenvalue weighted by Gasteiger charge is -2.15. The second-order valence-corrected chi connectivity index (χ2v) is 6.93. The topological polar surface area (TPSA) is 120 Å². The van der Waals surface area contributed by atoms with E-state index in [4.69, 9.17) is 16.2 Å². The van der Waals surface area contributed by atoms with Gasteiger partial charge in [-0.05, 0) is 25.8 Å². The molecular weight excluding hydrogens is 344 g/mol. The number of guanidine groups is 1. The smallest absolute Gasteiger partial charge is 0.330 e. The molecule has 0 spiro atoms. The maximum Gasteiger partial charge on any atom is 0.330 e. The molecule has 0 aromatic rings. The molecule has 0 aliphatic heterocycles. The van der Waals surface area contributed by atoms with E-state index in [0.29, 0.717) is 32.4 Å². The van der Waals surface area contributed by atoms with E-state index in [2.05, 4.69) is 17.2 Å². The van der Waals surface area contributed by atoms with E-state index >= 15 is 0 Å². The van der Waals surface area contributed by atoms with Gasteiger partial charge in [0.2, 0.25) is 0 Å². The number of ether oxygens (including phenoxy) is 1. The van der Waals surface area contributed by atoms with Crippen LogP contribution in [-0.4, -0.2) is 37.0 Å². The van der Waals surface area contributed by atoms with Gasteiger partial charge in [-0.15, -0.1) is 0 Å². The summed E-state index contributed by atoms with van der Waals surface area (Å²) in [4.78, 5) is 27.9. The highest BCUT2D eigenvalue weighted by Gasteiger charge is 2.21. The highest BCUT2D eigenvalue weighted by atomic mass is 16.6. The zero-order valence-electron chi connectivity index (χ0n) is 17.3. The molecule has 0 radical (unpaired) electrons. The van der Waals surface area contributed by atoms with E-state index in [1.807, 2.05) is 6.92 Å². The Balaban J connectivity index is 3.88. The van der Waals surface area contributed by atoms with Crippen molar-refractivity contribution in [3.8, 4) is 0 Å². The number of nitrogens with one attached hydrogen (secondary N) is 1. The van der Waals surface area contributed by atoms with Gasteiger partial charge in [0.25, 0.3) is 0 Å². The van der Waals surface area contributed by atoms with Crippen LogP contribution in [0, 0.1) is 0 Å². The fourth-order valence-electron chi connectivity index (χ4n) is 2.87. The lowest BCUT2D eigenvalue weighted by Crippen LogP contribution is -2.39. The molecule has 0 bridgehead atoms. The van der Waals surface area contributed by atoms with Crippen LogP contribution in [0.3, 0.4) is 0 Å². The van der Waals surface area contributed by atoms with E-state index in [9.17, 15) is 9.59 Å². The summed E-state index contributed by atoms with van der Waals surface area (Å²) in [7, 11) is 0. The van der Waals surface area contributed by atoms with Gasteiger partial charge in [-0.25, -0.2) is 4.79 Å². The second-order valence-electron chi connectivity index (χ2n) is 6.93. The van der Waals surface area contributed by atoms with Gasteiger partial charge in [-0.2, -0.15) is 0 Å². The predicted molar refractivity (Wildman–Crippen MR) is 110 cm³/mol. The third-order valence-electron chi connectivity index (χ3n) is 4.38. The van der Waals surface area contributed by atoms with Crippen LogP contribution in [0.2, 0.25) is 0 Å². The van der Waals surface area contributed by atoms with Crippen molar-refractivity contribution >= 4 is 17.9 Å². The van der Waals surface area contributed by atoms with Crippen molar-refractivity contribution in [2.75, 3.05) is 13.1 Å². The van der Waals surface area contributed by atoms with Gasteiger partial charge in [-0.1, -0.05) is 65.2 Å². The molecule has 0 heterocycles. The Morgan fingerprint density at radius 1 is 0.926 bits per heavy atom. The van der Waals surface area contributed by atoms with Crippen LogP contribution in [0.1, 0.15) is 90.9 Å². The average molecular weight is 385 g/mol. The van der Waals surface area contributed by atoms with Crippen molar-refractivity contribution in [2.45, 2.75) is 96.9 Å². The number of nitrogens with two attached hydrogens (primary N) is 2. The number of likely N-dealkylation sites (N-methyl/N-ethyl adjacent to an activating group) is 1. The van der Waals surface area contributed by atoms with Gasteiger partial charge in [0.15, 0.2) is 5.96 Å². The zero-order chi connectivity index (χ0) is 20.3. The molecule has 0 aliphatic carbocycles. The quantitative estimate of drug-likeness (QED) is 0.117. The van der Waals surface area contributed by atoms with Gasteiger partial charge < -0.3 is 21.5 Å². The second kappa shape index (κ2) is 17.8. The van der Waals surface area contributed by atoms with Crippen molar-refractivity contribution in [1.29, 1.82) is 0 Å². The molecule has 27 heavy (non-hydrogen) atoms. The lowest BCUT2D eigenvalue weighted by atomic mass is 10.1. The molecule has 0 aromatic carbocycles. The van der Waals surface area contributed by atoms with Crippen LogP contribution in [0.4, 0.5) is 0 Å². The molecule has 0 unspecified atom stereocenters. The minimum Gasteiger partial charge on any atom is -0.392 e. The Morgan fingerprint density at radius 3 is 2.07 bits per heavy atom. The van der Waals surface area contributed by atoms with E-state index in [-0.39, 0.29) is 5.96 Å². The first-order valence-corrected chi connectivity index (χ1v) is 10.5. The van der Waals surface area contributed by atoms with E-state index in [1.54, 1.807) is 0 Å². The summed E-state index contributed by atoms with van der Waals surface area (Å²) in [6.45, 7) is 5.19. The normalized spacial score (nSPS) is 11.8. The first kappa shape index (κ1) is 25.4. The first-order chi connectivity index (χ1) is 13.0. The summed E-state index contributed by atoms with van der Waals surface area (Å²) in [6.07, 6.45) is 12.1. The number of carbonyl (C=O) groups is 2. The van der Waals surface area contributed by atoms with Crippen molar-refractivity contribution in [3.05, 3.63) is 0 Å². The minimum atomic E-state index is -0.512. The van der Waals surface area contributed by atoms with E-state index in [1.165, 1.54) is 38.5 Å². The Kier molecular flexibility index (Phi) is 16.7. The Bertz CT molecular complexity index is 423. The standard InChI is InChI=1S/C20H40N4O3/c1-3-5-6-7-8-9-10-11-12-15-18(25)27-19(26)17(23-4-2)14-13-16-24-20(21)22/h17,23H,3-16H2,1-2H3,(H4,21,22,24)/t17-/m0/s1. The van der Waals surface area contributed by atoms with Crippen LogP contribution in [0.15, 0.2) is 4.99 Å². The molecule has 0 amide bonds. The third-order valence-corrected chi connectivity index (χ3v) is 4.38. The summed E-state index contributed by atoms with van der Waals surface area (Å²) in [6, 6.07) is -0.503. The highest BCUT2D eigenvalue weighted by Crippen LogP contribution is 2.11. The summed E-state index contributed by atoms with van der Waals surface area (Å²) in [5.41, 5.74) is 10.5. The van der Waals surface area contributed by atoms with Gasteiger partial charge in [0.1, 0.15) is 6.04 Å². The average Bonchev–Trinajstić information content (AvgIpc) is 2.62. The number of unbranched alkanes of at least 4 members (excludes halogenated alkanes) is 8. The number of esters is 2. The number of hydrogen-bond donors (Lipinski definition) is 3. The van der Waals surface area contributed by atoms with Crippen molar-refractivity contribution in [3.63, 3.8) is 0 Å². The molecule has 7 heteroatoms. The molecule has 0 saturated carbocycles. The fourth-order valence-corrected chi connectivity index (χ4v) is 2.87. The van der Waals surface area contributed by atoms with Crippen molar-refractivity contribution in [1.82, 2.24) is 5.32 Å². The van der Waals surface area contributed by atoms with Crippen LogP contribution in [0.25, 0.3) is 0 Å². The summed E-state index contributed by atoms with van der Waals surface area (Å²) in [5, 5.41) is 3.04. The molecular formula is C20H40N4O3. The molecule has 0 fully saturated rings. The van der Waals surface area contributed by atoms with Crippen molar-refractivity contribution in [2.24, 2.45) is 16.5 Å². The lowest BCUT2D eigenvalue weighted by molar-refractivity contribution is -0.161. The summed E-state index contributed by atoms with van der Waals surface area (Å²) < 4.78 is 4.99. The van der Waals surface area contributed by atoms with Gasteiger partial charge in [-0.3, -0.25) is 9.79 Å². The SMILES string of the molecule is CCCCCCCCCCCC(=O)OC(=O)[C@H](CCCN=C(N)N)NCC. The Hall–Kier alpha value is -1.63. The van der Waals surface area contributed by atoms with Crippen LogP contribution in [0.5, 0.6) is 0 Å². The maximum absolute atomic E-state index is 12.1. The van der Waals surface area contributed by atoms with E-state index in [0.717, 1.165) is 19.3 Å². The van der Waals surface area contributed by atoms with E-state index < -0.39 is 18.0 Å². The molecule has 0 saturated heterocycles. The number of rotatable bonds is 17. The Morgan fingerprint density at radius 2 is 1.52 bits per heavy atom. The molecule has 0 aliphatic rings. The van der Waals surface area contributed by atoms with Gasteiger partial charge in [0.05, 0.1) is 0 Å². The number of hydrogen-bond acceptors (Lipinski definition) is 5. The van der Waals surface area contributed by atoms with Crippen LogP contribution in [-0.2, 0) is 14.3 Å². The Labute approximate surface area is 164 Å². The molecule has 7 nitrogen and oxygen atoms in total. The molecule has 0 aromatic heterocycles.